The summed E-state index contributed by atoms with van der Waals surface area (Å²) in [5, 5.41) is 0. The molecule has 2 aliphatic rings. The molecule has 2 saturated heterocycles. The summed E-state index contributed by atoms with van der Waals surface area (Å²) in [4.78, 5) is 29.1. The van der Waals surface area contributed by atoms with Crippen LogP contribution in [0.4, 0.5) is 4.39 Å². The van der Waals surface area contributed by atoms with Crippen LogP contribution in [0, 0.1) is 11.2 Å². The number of hydrogen-bond donors (Lipinski definition) is 1. The molecule has 0 atom stereocenters. The van der Waals surface area contributed by atoms with Gasteiger partial charge in [-0.3, -0.25) is 9.59 Å². The first kappa shape index (κ1) is 18.8. The standard InChI is InChI=1S/C19H26FN3O3/c20-16-5-2-1-4-15(16)17(24)22-8-3-9-23(11-10-22)18(25)19(14-21)6-12-26-13-7-19/h1-2,4-5H,3,6-14,21H2. The average Bonchev–Trinajstić information content (AvgIpc) is 2.94. The predicted molar refractivity (Wildman–Crippen MR) is 95.0 cm³/mol. The van der Waals surface area contributed by atoms with Crippen molar-refractivity contribution >= 4 is 11.8 Å². The van der Waals surface area contributed by atoms with E-state index >= 15 is 0 Å². The summed E-state index contributed by atoms with van der Waals surface area (Å²) in [6.45, 7) is 3.35. The smallest absolute Gasteiger partial charge is 0.256 e. The second-order valence-electron chi connectivity index (χ2n) is 7.01. The molecule has 3 rings (SSSR count). The molecule has 0 saturated carbocycles. The molecule has 0 aliphatic carbocycles. The SMILES string of the molecule is NCC1(C(=O)N2CCCN(C(=O)c3ccccc3F)CC2)CCOCC1. The molecule has 0 unspecified atom stereocenters. The van der Waals surface area contributed by atoms with Gasteiger partial charge in [0.05, 0.1) is 11.0 Å². The van der Waals surface area contributed by atoms with Gasteiger partial charge in [-0.1, -0.05) is 12.1 Å². The molecule has 0 bridgehead atoms. The maximum Gasteiger partial charge on any atom is 0.256 e. The molecule has 2 heterocycles. The van der Waals surface area contributed by atoms with Gasteiger partial charge in [0.25, 0.3) is 5.91 Å². The number of amides is 2. The number of nitrogens with zero attached hydrogens (tertiary/aromatic N) is 2. The van der Waals surface area contributed by atoms with E-state index in [4.69, 9.17) is 10.5 Å². The van der Waals surface area contributed by atoms with Gasteiger partial charge in [-0.15, -0.1) is 0 Å². The molecular formula is C19H26FN3O3. The minimum absolute atomic E-state index is 0.0588. The number of nitrogens with two attached hydrogens (primary N) is 1. The van der Waals surface area contributed by atoms with Crippen molar-refractivity contribution in [3.63, 3.8) is 0 Å². The fourth-order valence-corrected chi connectivity index (χ4v) is 3.73. The van der Waals surface area contributed by atoms with Gasteiger partial charge >= 0.3 is 0 Å². The monoisotopic (exact) mass is 363 g/mol. The van der Waals surface area contributed by atoms with E-state index in [2.05, 4.69) is 0 Å². The summed E-state index contributed by atoms with van der Waals surface area (Å²) >= 11 is 0. The van der Waals surface area contributed by atoms with E-state index in [1.165, 1.54) is 12.1 Å². The summed E-state index contributed by atoms with van der Waals surface area (Å²) < 4.78 is 19.3. The maximum absolute atomic E-state index is 13.9. The number of ether oxygens (including phenoxy) is 1. The summed E-state index contributed by atoms with van der Waals surface area (Å²) in [7, 11) is 0. The highest BCUT2D eigenvalue weighted by Crippen LogP contribution is 2.32. The summed E-state index contributed by atoms with van der Waals surface area (Å²) in [6.07, 6.45) is 1.94. The van der Waals surface area contributed by atoms with Crippen LogP contribution in [0.2, 0.25) is 0 Å². The van der Waals surface area contributed by atoms with Crippen LogP contribution in [0.15, 0.2) is 24.3 Å². The second-order valence-corrected chi connectivity index (χ2v) is 7.01. The third-order valence-corrected chi connectivity index (χ3v) is 5.47. The largest absolute Gasteiger partial charge is 0.381 e. The fraction of sp³-hybridized carbons (Fsp3) is 0.579. The predicted octanol–water partition coefficient (Wildman–Crippen LogP) is 1.26. The number of hydrogen-bond acceptors (Lipinski definition) is 4. The first-order valence-corrected chi connectivity index (χ1v) is 9.18. The number of rotatable bonds is 3. The number of halogens is 1. The number of benzene rings is 1. The van der Waals surface area contributed by atoms with E-state index in [0.29, 0.717) is 65.2 Å². The lowest BCUT2D eigenvalue weighted by molar-refractivity contribution is -0.147. The highest BCUT2D eigenvalue weighted by molar-refractivity contribution is 5.94. The Bertz CT molecular complexity index is 661. The minimum Gasteiger partial charge on any atom is -0.381 e. The van der Waals surface area contributed by atoms with Crippen molar-refractivity contribution in [1.29, 1.82) is 0 Å². The zero-order valence-corrected chi connectivity index (χ0v) is 15.0. The zero-order chi connectivity index (χ0) is 18.6. The van der Waals surface area contributed by atoms with Crippen LogP contribution in [-0.4, -0.2) is 67.6 Å². The molecular weight excluding hydrogens is 337 g/mol. The molecule has 0 spiro atoms. The van der Waals surface area contributed by atoms with Gasteiger partial charge in [0.1, 0.15) is 5.82 Å². The Morgan fingerprint density at radius 2 is 1.73 bits per heavy atom. The van der Waals surface area contributed by atoms with Gasteiger partial charge in [-0.2, -0.15) is 0 Å². The van der Waals surface area contributed by atoms with E-state index in [9.17, 15) is 14.0 Å². The molecule has 2 aliphatic heterocycles. The van der Waals surface area contributed by atoms with Crippen LogP contribution in [0.25, 0.3) is 0 Å². The first-order valence-electron chi connectivity index (χ1n) is 9.18. The van der Waals surface area contributed by atoms with Gasteiger partial charge in [0.2, 0.25) is 5.91 Å². The van der Waals surface area contributed by atoms with Crippen molar-refractivity contribution in [1.82, 2.24) is 9.80 Å². The second kappa shape index (κ2) is 8.14. The van der Waals surface area contributed by atoms with Crippen molar-refractivity contribution in [2.45, 2.75) is 19.3 Å². The van der Waals surface area contributed by atoms with Gasteiger partial charge in [0.15, 0.2) is 0 Å². The molecule has 0 aromatic heterocycles. The van der Waals surface area contributed by atoms with Crippen LogP contribution in [0.3, 0.4) is 0 Å². The highest BCUT2D eigenvalue weighted by atomic mass is 19.1. The maximum atomic E-state index is 13.9. The van der Waals surface area contributed by atoms with Crippen LogP contribution in [-0.2, 0) is 9.53 Å². The lowest BCUT2D eigenvalue weighted by Crippen LogP contribution is -2.51. The van der Waals surface area contributed by atoms with E-state index in [1.807, 2.05) is 4.90 Å². The molecule has 0 radical (unpaired) electrons. The first-order chi connectivity index (χ1) is 12.6. The topological polar surface area (TPSA) is 75.9 Å². The molecule has 2 N–H and O–H groups in total. The number of carbonyl (C=O) groups is 2. The fourth-order valence-electron chi connectivity index (χ4n) is 3.73. The normalized spacial score (nSPS) is 20.5. The quantitative estimate of drug-likeness (QED) is 0.877. The number of carbonyl (C=O) groups excluding carboxylic acids is 2. The summed E-state index contributed by atoms with van der Waals surface area (Å²) in [5.74, 6) is -0.778. The van der Waals surface area contributed by atoms with E-state index in [1.54, 1.807) is 17.0 Å². The summed E-state index contributed by atoms with van der Waals surface area (Å²) in [6, 6.07) is 6.00. The molecule has 26 heavy (non-hydrogen) atoms. The Balaban J connectivity index is 1.67. The van der Waals surface area contributed by atoms with Gasteiger partial charge in [0, 0.05) is 45.9 Å². The zero-order valence-electron chi connectivity index (χ0n) is 15.0. The van der Waals surface area contributed by atoms with Crippen molar-refractivity contribution in [2.24, 2.45) is 11.1 Å². The van der Waals surface area contributed by atoms with Gasteiger partial charge < -0.3 is 20.3 Å². The van der Waals surface area contributed by atoms with Crippen molar-refractivity contribution < 1.29 is 18.7 Å². The minimum atomic E-state index is -0.553. The Hall–Kier alpha value is -1.99. The third-order valence-electron chi connectivity index (χ3n) is 5.47. The van der Waals surface area contributed by atoms with Crippen LogP contribution >= 0.6 is 0 Å². The van der Waals surface area contributed by atoms with E-state index in [0.717, 1.165) is 0 Å². The third kappa shape index (κ3) is 3.73. The Morgan fingerprint density at radius 3 is 2.42 bits per heavy atom. The van der Waals surface area contributed by atoms with Crippen molar-refractivity contribution in [3.05, 3.63) is 35.6 Å². The van der Waals surface area contributed by atoms with Crippen LogP contribution in [0.1, 0.15) is 29.6 Å². The van der Waals surface area contributed by atoms with Crippen LogP contribution < -0.4 is 5.73 Å². The Morgan fingerprint density at radius 1 is 1.08 bits per heavy atom. The van der Waals surface area contributed by atoms with Gasteiger partial charge in [-0.05, 0) is 31.4 Å². The van der Waals surface area contributed by atoms with E-state index in [-0.39, 0.29) is 17.4 Å². The lowest BCUT2D eigenvalue weighted by atomic mass is 9.79. The molecule has 7 heteroatoms. The van der Waals surface area contributed by atoms with Gasteiger partial charge in [-0.25, -0.2) is 4.39 Å². The van der Waals surface area contributed by atoms with Crippen LogP contribution in [0.5, 0.6) is 0 Å². The average molecular weight is 363 g/mol. The molecule has 6 nitrogen and oxygen atoms in total. The molecule has 142 valence electrons. The lowest BCUT2D eigenvalue weighted by Gasteiger charge is -2.38. The molecule has 2 amide bonds. The molecule has 1 aromatic rings. The van der Waals surface area contributed by atoms with Crippen molar-refractivity contribution in [2.75, 3.05) is 45.9 Å². The van der Waals surface area contributed by atoms with E-state index < -0.39 is 11.2 Å². The molecule has 1 aromatic carbocycles. The summed E-state index contributed by atoms with van der Waals surface area (Å²) in [5.41, 5.74) is 5.47. The van der Waals surface area contributed by atoms with Crippen molar-refractivity contribution in [3.8, 4) is 0 Å². The Labute approximate surface area is 153 Å². The molecule has 2 fully saturated rings. The highest BCUT2D eigenvalue weighted by Gasteiger charge is 2.41. The Kier molecular flexibility index (Phi) is 5.88.